The Hall–Kier alpha value is -0.570. The molecule has 0 heterocycles. The number of carbonyl (C=O) groups excluding carboxylic acids is 1. The molecule has 0 bridgehead atoms. The maximum absolute atomic E-state index is 11.2. The molecular formula is C11H21NO2. The van der Waals surface area contributed by atoms with E-state index < -0.39 is 0 Å². The van der Waals surface area contributed by atoms with Gasteiger partial charge in [-0.1, -0.05) is 13.8 Å². The molecule has 0 amide bonds. The zero-order valence-electron chi connectivity index (χ0n) is 9.59. The maximum Gasteiger partial charge on any atom is 0.309 e. The van der Waals surface area contributed by atoms with Gasteiger partial charge in [-0.2, -0.15) is 0 Å². The van der Waals surface area contributed by atoms with Gasteiger partial charge in [0.05, 0.1) is 13.0 Å². The van der Waals surface area contributed by atoms with Crippen LogP contribution in [0.4, 0.5) is 0 Å². The van der Waals surface area contributed by atoms with Crippen LogP contribution in [0.5, 0.6) is 0 Å². The van der Waals surface area contributed by atoms with E-state index in [0.717, 1.165) is 6.54 Å². The highest BCUT2D eigenvalue weighted by atomic mass is 16.5. The molecule has 1 rings (SSSR count). The monoisotopic (exact) mass is 199 g/mol. The van der Waals surface area contributed by atoms with Gasteiger partial charge in [-0.05, 0) is 25.2 Å². The number of ether oxygens (including phenoxy) is 1. The van der Waals surface area contributed by atoms with Crippen LogP contribution in [0.25, 0.3) is 0 Å². The number of hydrogen-bond donors (Lipinski definition) is 1. The summed E-state index contributed by atoms with van der Waals surface area (Å²) < 4.78 is 4.70. The first-order chi connectivity index (χ1) is 6.48. The van der Waals surface area contributed by atoms with Crippen LogP contribution in [-0.4, -0.2) is 25.7 Å². The van der Waals surface area contributed by atoms with Crippen LogP contribution in [0.3, 0.4) is 0 Å². The predicted octanol–water partition coefficient (Wildman–Crippen LogP) is 1.57. The molecule has 1 fully saturated rings. The zero-order chi connectivity index (χ0) is 10.8. The topological polar surface area (TPSA) is 38.3 Å². The lowest BCUT2D eigenvalue weighted by molar-refractivity contribution is -0.145. The first-order valence-electron chi connectivity index (χ1n) is 5.30. The van der Waals surface area contributed by atoms with Crippen molar-refractivity contribution < 1.29 is 9.53 Å². The normalized spacial score (nSPS) is 22.6. The fourth-order valence-corrected chi connectivity index (χ4v) is 1.36. The standard InChI is InChI=1S/C11H21NO2/c1-8(10(13)14-4)9(2)12-7-11(3)5-6-11/h8-9,12H,5-7H2,1-4H3. The van der Waals surface area contributed by atoms with Crippen molar-refractivity contribution in [1.82, 2.24) is 5.32 Å². The van der Waals surface area contributed by atoms with E-state index in [9.17, 15) is 4.79 Å². The van der Waals surface area contributed by atoms with Crippen LogP contribution < -0.4 is 5.32 Å². The zero-order valence-corrected chi connectivity index (χ0v) is 9.59. The third-order valence-electron chi connectivity index (χ3n) is 3.28. The molecular weight excluding hydrogens is 178 g/mol. The molecule has 1 saturated carbocycles. The number of nitrogens with one attached hydrogen (secondary N) is 1. The second-order valence-corrected chi connectivity index (χ2v) is 4.79. The second-order valence-electron chi connectivity index (χ2n) is 4.79. The van der Waals surface area contributed by atoms with Crippen molar-refractivity contribution in [3.63, 3.8) is 0 Å². The van der Waals surface area contributed by atoms with Gasteiger partial charge in [0.15, 0.2) is 0 Å². The molecule has 1 aliphatic rings. The lowest BCUT2D eigenvalue weighted by Gasteiger charge is -2.21. The Bertz CT molecular complexity index is 211. The Labute approximate surface area is 86.2 Å². The predicted molar refractivity (Wildman–Crippen MR) is 56.0 cm³/mol. The first kappa shape index (κ1) is 11.5. The Balaban J connectivity index is 2.26. The number of carbonyl (C=O) groups is 1. The summed E-state index contributed by atoms with van der Waals surface area (Å²) in [6.45, 7) is 7.22. The van der Waals surface area contributed by atoms with Crippen molar-refractivity contribution in [2.75, 3.05) is 13.7 Å². The molecule has 0 aromatic carbocycles. The minimum absolute atomic E-state index is 0.0673. The molecule has 14 heavy (non-hydrogen) atoms. The SMILES string of the molecule is COC(=O)C(C)C(C)NCC1(C)CC1. The number of esters is 1. The van der Waals surface area contributed by atoms with Crippen molar-refractivity contribution in [2.24, 2.45) is 11.3 Å². The van der Waals surface area contributed by atoms with E-state index >= 15 is 0 Å². The molecule has 0 spiro atoms. The molecule has 3 nitrogen and oxygen atoms in total. The second kappa shape index (κ2) is 4.30. The maximum atomic E-state index is 11.2. The quantitative estimate of drug-likeness (QED) is 0.683. The van der Waals surface area contributed by atoms with Crippen molar-refractivity contribution in [3.05, 3.63) is 0 Å². The number of hydrogen-bond acceptors (Lipinski definition) is 3. The fourth-order valence-electron chi connectivity index (χ4n) is 1.36. The van der Waals surface area contributed by atoms with E-state index in [1.54, 1.807) is 0 Å². The van der Waals surface area contributed by atoms with Crippen LogP contribution in [0.1, 0.15) is 33.6 Å². The van der Waals surface area contributed by atoms with Gasteiger partial charge >= 0.3 is 5.97 Å². The van der Waals surface area contributed by atoms with E-state index in [4.69, 9.17) is 4.74 Å². The molecule has 0 aromatic heterocycles. The third kappa shape index (κ3) is 2.98. The minimum Gasteiger partial charge on any atom is -0.469 e. The first-order valence-corrected chi connectivity index (χ1v) is 5.30. The number of rotatable bonds is 5. The number of methoxy groups -OCH3 is 1. The molecule has 0 aliphatic heterocycles. The lowest BCUT2D eigenvalue weighted by atomic mass is 10.0. The summed E-state index contributed by atoms with van der Waals surface area (Å²) in [7, 11) is 1.44. The summed E-state index contributed by atoms with van der Waals surface area (Å²) in [4.78, 5) is 11.2. The van der Waals surface area contributed by atoms with Gasteiger partial charge in [-0.3, -0.25) is 4.79 Å². The van der Waals surface area contributed by atoms with Crippen molar-refractivity contribution in [1.29, 1.82) is 0 Å². The van der Waals surface area contributed by atoms with Crippen LogP contribution in [0, 0.1) is 11.3 Å². The molecule has 2 atom stereocenters. The van der Waals surface area contributed by atoms with Gasteiger partial charge in [0.2, 0.25) is 0 Å². The Morgan fingerprint density at radius 2 is 2.07 bits per heavy atom. The summed E-state index contributed by atoms with van der Waals surface area (Å²) >= 11 is 0. The van der Waals surface area contributed by atoms with Crippen molar-refractivity contribution in [2.45, 2.75) is 39.7 Å². The molecule has 2 unspecified atom stereocenters. The molecule has 0 saturated heterocycles. The summed E-state index contributed by atoms with van der Waals surface area (Å²) in [5.41, 5.74) is 0.490. The van der Waals surface area contributed by atoms with Crippen LogP contribution in [0.2, 0.25) is 0 Å². The highest BCUT2D eigenvalue weighted by molar-refractivity contribution is 5.72. The highest BCUT2D eigenvalue weighted by Crippen LogP contribution is 2.44. The fraction of sp³-hybridized carbons (Fsp3) is 0.909. The summed E-state index contributed by atoms with van der Waals surface area (Å²) in [5, 5.41) is 3.40. The molecule has 0 radical (unpaired) electrons. The third-order valence-corrected chi connectivity index (χ3v) is 3.28. The van der Waals surface area contributed by atoms with Gasteiger partial charge in [0.25, 0.3) is 0 Å². The van der Waals surface area contributed by atoms with E-state index in [2.05, 4.69) is 12.2 Å². The van der Waals surface area contributed by atoms with E-state index in [1.807, 2.05) is 13.8 Å². The van der Waals surface area contributed by atoms with Gasteiger partial charge in [-0.15, -0.1) is 0 Å². The van der Waals surface area contributed by atoms with E-state index in [-0.39, 0.29) is 17.9 Å². The lowest BCUT2D eigenvalue weighted by Crippen LogP contribution is -2.39. The van der Waals surface area contributed by atoms with E-state index in [0.29, 0.717) is 5.41 Å². The van der Waals surface area contributed by atoms with Gasteiger partial charge < -0.3 is 10.1 Å². The van der Waals surface area contributed by atoms with Crippen molar-refractivity contribution in [3.8, 4) is 0 Å². The molecule has 0 aromatic rings. The average Bonchev–Trinajstić information content (AvgIpc) is 2.91. The largest absolute Gasteiger partial charge is 0.469 e. The Kier molecular flexibility index (Phi) is 3.53. The van der Waals surface area contributed by atoms with Gasteiger partial charge in [0, 0.05) is 12.6 Å². The molecule has 1 aliphatic carbocycles. The van der Waals surface area contributed by atoms with Crippen LogP contribution in [0.15, 0.2) is 0 Å². The van der Waals surface area contributed by atoms with Gasteiger partial charge in [0.1, 0.15) is 0 Å². The molecule has 1 N–H and O–H groups in total. The summed E-state index contributed by atoms with van der Waals surface area (Å²) in [5.74, 6) is -0.201. The highest BCUT2D eigenvalue weighted by Gasteiger charge is 2.37. The minimum atomic E-state index is -0.133. The smallest absolute Gasteiger partial charge is 0.309 e. The van der Waals surface area contributed by atoms with Crippen LogP contribution >= 0.6 is 0 Å². The Morgan fingerprint density at radius 1 is 1.50 bits per heavy atom. The van der Waals surface area contributed by atoms with Crippen molar-refractivity contribution >= 4 is 5.97 Å². The van der Waals surface area contributed by atoms with E-state index in [1.165, 1.54) is 20.0 Å². The van der Waals surface area contributed by atoms with Crippen LogP contribution in [-0.2, 0) is 9.53 Å². The average molecular weight is 199 g/mol. The molecule has 82 valence electrons. The van der Waals surface area contributed by atoms with Gasteiger partial charge in [-0.25, -0.2) is 0 Å². The molecule has 3 heteroatoms. The summed E-state index contributed by atoms with van der Waals surface area (Å²) in [6.07, 6.45) is 2.61. The summed E-state index contributed by atoms with van der Waals surface area (Å²) in [6, 6.07) is 0.194. The Morgan fingerprint density at radius 3 is 2.50 bits per heavy atom.